The van der Waals surface area contributed by atoms with Crippen molar-refractivity contribution >= 4 is 5.91 Å². The van der Waals surface area contributed by atoms with Crippen molar-refractivity contribution in [2.75, 3.05) is 40.3 Å². The molecule has 0 radical (unpaired) electrons. The summed E-state index contributed by atoms with van der Waals surface area (Å²) in [5.74, 6) is 1.87. The van der Waals surface area contributed by atoms with Crippen molar-refractivity contribution in [3.8, 4) is 0 Å². The lowest BCUT2D eigenvalue weighted by Crippen LogP contribution is -2.41. The second-order valence-corrected chi connectivity index (χ2v) is 5.78. The van der Waals surface area contributed by atoms with Gasteiger partial charge in [-0.05, 0) is 39.7 Å². The predicted molar refractivity (Wildman–Crippen MR) is 85.1 cm³/mol. The second kappa shape index (κ2) is 8.85. The highest BCUT2D eigenvalue weighted by Gasteiger charge is 2.21. The van der Waals surface area contributed by atoms with Crippen molar-refractivity contribution in [1.82, 2.24) is 15.1 Å². The normalized spacial score (nSPS) is 12.7. The van der Waals surface area contributed by atoms with E-state index in [0.717, 1.165) is 24.6 Å². The molecule has 1 aromatic heterocycles. The van der Waals surface area contributed by atoms with Crippen LogP contribution in [0, 0.1) is 12.8 Å². The minimum absolute atomic E-state index is 0.0248. The van der Waals surface area contributed by atoms with E-state index in [1.807, 2.05) is 51.9 Å². The lowest BCUT2D eigenvalue weighted by Gasteiger charge is -2.26. The summed E-state index contributed by atoms with van der Waals surface area (Å²) >= 11 is 0. The number of rotatable bonds is 9. The number of hydrogen-bond acceptors (Lipinski definition) is 4. The number of carbonyl (C=O) groups excluding carboxylic acids is 1. The van der Waals surface area contributed by atoms with E-state index in [9.17, 15) is 4.79 Å². The number of nitrogens with zero attached hydrogens (tertiary/aromatic N) is 2. The first-order valence-corrected chi connectivity index (χ1v) is 7.63. The number of carbonyl (C=O) groups is 1. The van der Waals surface area contributed by atoms with Crippen LogP contribution in [0.2, 0.25) is 0 Å². The van der Waals surface area contributed by atoms with Crippen molar-refractivity contribution in [2.45, 2.75) is 27.3 Å². The standard InChI is InChI=1S/C16H29N3O2/c1-6-17-11-13(2)16(20)19(10-9-18(4)5)12-15-8-7-14(3)21-15/h7-8,13,17H,6,9-12H2,1-5H3. The summed E-state index contributed by atoms with van der Waals surface area (Å²) in [7, 11) is 4.03. The van der Waals surface area contributed by atoms with Crippen LogP contribution in [0.15, 0.2) is 16.5 Å². The van der Waals surface area contributed by atoms with Crippen LogP contribution in [0.5, 0.6) is 0 Å². The van der Waals surface area contributed by atoms with E-state index in [2.05, 4.69) is 10.2 Å². The largest absolute Gasteiger partial charge is 0.464 e. The number of hydrogen-bond donors (Lipinski definition) is 1. The predicted octanol–water partition coefficient (Wildman–Crippen LogP) is 1.72. The van der Waals surface area contributed by atoms with Crippen LogP contribution >= 0.6 is 0 Å². The maximum Gasteiger partial charge on any atom is 0.227 e. The summed E-state index contributed by atoms with van der Waals surface area (Å²) in [5.41, 5.74) is 0. The lowest BCUT2D eigenvalue weighted by molar-refractivity contribution is -0.135. The summed E-state index contributed by atoms with van der Waals surface area (Å²) in [6.07, 6.45) is 0. The molecule has 0 spiro atoms. The van der Waals surface area contributed by atoms with Gasteiger partial charge in [-0.15, -0.1) is 0 Å². The lowest BCUT2D eigenvalue weighted by atomic mass is 10.1. The summed E-state index contributed by atoms with van der Waals surface area (Å²) in [5, 5.41) is 3.24. The molecule has 0 aliphatic heterocycles. The van der Waals surface area contributed by atoms with Gasteiger partial charge in [0.05, 0.1) is 6.54 Å². The van der Waals surface area contributed by atoms with Gasteiger partial charge in [0.1, 0.15) is 11.5 Å². The monoisotopic (exact) mass is 295 g/mol. The van der Waals surface area contributed by atoms with Crippen LogP contribution in [-0.2, 0) is 11.3 Å². The van der Waals surface area contributed by atoms with E-state index >= 15 is 0 Å². The molecule has 0 bridgehead atoms. The topological polar surface area (TPSA) is 48.7 Å². The maximum atomic E-state index is 12.6. The van der Waals surface area contributed by atoms with E-state index in [0.29, 0.717) is 19.6 Å². The van der Waals surface area contributed by atoms with Gasteiger partial charge in [0.25, 0.3) is 0 Å². The van der Waals surface area contributed by atoms with Crippen molar-refractivity contribution in [3.63, 3.8) is 0 Å². The average molecular weight is 295 g/mol. The molecule has 5 nitrogen and oxygen atoms in total. The number of nitrogens with one attached hydrogen (secondary N) is 1. The third-order valence-corrected chi connectivity index (χ3v) is 3.39. The quantitative estimate of drug-likeness (QED) is 0.754. The zero-order chi connectivity index (χ0) is 15.8. The molecule has 0 aliphatic carbocycles. The fourth-order valence-corrected chi connectivity index (χ4v) is 2.11. The molecule has 5 heteroatoms. The SMILES string of the molecule is CCNCC(C)C(=O)N(CCN(C)C)Cc1ccc(C)o1. The fourth-order valence-electron chi connectivity index (χ4n) is 2.11. The Kier molecular flexibility index (Phi) is 7.47. The van der Waals surface area contributed by atoms with Gasteiger partial charge >= 0.3 is 0 Å². The van der Waals surface area contributed by atoms with Crippen LogP contribution in [0.1, 0.15) is 25.4 Å². The molecular formula is C16H29N3O2. The van der Waals surface area contributed by atoms with Gasteiger partial charge in [-0.1, -0.05) is 13.8 Å². The first kappa shape index (κ1) is 17.7. The summed E-state index contributed by atoms with van der Waals surface area (Å²) in [6.45, 7) is 9.63. The third kappa shape index (κ3) is 6.31. The average Bonchev–Trinajstić information content (AvgIpc) is 2.85. The molecule has 0 saturated heterocycles. The number of amides is 1. The zero-order valence-electron chi connectivity index (χ0n) is 14.0. The van der Waals surface area contributed by atoms with Crippen LogP contribution in [0.3, 0.4) is 0 Å². The first-order valence-electron chi connectivity index (χ1n) is 7.63. The Bertz CT molecular complexity index is 429. The molecule has 0 aliphatic rings. The highest BCUT2D eigenvalue weighted by molar-refractivity contribution is 5.78. The Balaban J connectivity index is 2.68. The number of furan rings is 1. The van der Waals surface area contributed by atoms with Crippen LogP contribution in [0.25, 0.3) is 0 Å². The van der Waals surface area contributed by atoms with E-state index in [1.165, 1.54) is 0 Å². The highest BCUT2D eigenvalue weighted by atomic mass is 16.3. The van der Waals surface area contributed by atoms with Crippen molar-refractivity contribution in [2.24, 2.45) is 5.92 Å². The molecule has 120 valence electrons. The van der Waals surface area contributed by atoms with E-state index in [1.54, 1.807) is 0 Å². The van der Waals surface area contributed by atoms with Crippen molar-refractivity contribution < 1.29 is 9.21 Å². The molecule has 21 heavy (non-hydrogen) atoms. The Morgan fingerprint density at radius 3 is 2.57 bits per heavy atom. The molecule has 1 atom stereocenters. The summed E-state index contributed by atoms with van der Waals surface area (Å²) in [4.78, 5) is 16.6. The van der Waals surface area contributed by atoms with Gasteiger partial charge in [0, 0.05) is 25.6 Å². The van der Waals surface area contributed by atoms with E-state index in [4.69, 9.17) is 4.42 Å². The third-order valence-electron chi connectivity index (χ3n) is 3.39. The van der Waals surface area contributed by atoms with Crippen LogP contribution < -0.4 is 5.32 Å². The molecular weight excluding hydrogens is 266 g/mol. The Morgan fingerprint density at radius 1 is 1.33 bits per heavy atom. The molecule has 0 aromatic carbocycles. The molecule has 1 unspecified atom stereocenters. The fraction of sp³-hybridized carbons (Fsp3) is 0.688. The van der Waals surface area contributed by atoms with Gasteiger partial charge in [0.2, 0.25) is 5.91 Å². The van der Waals surface area contributed by atoms with Gasteiger partial charge < -0.3 is 19.5 Å². The van der Waals surface area contributed by atoms with Crippen LogP contribution in [0.4, 0.5) is 0 Å². The second-order valence-electron chi connectivity index (χ2n) is 5.78. The minimum Gasteiger partial charge on any atom is -0.464 e. The zero-order valence-corrected chi connectivity index (χ0v) is 14.0. The van der Waals surface area contributed by atoms with Gasteiger partial charge in [-0.25, -0.2) is 0 Å². The summed E-state index contributed by atoms with van der Waals surface area (Å²) in [6, 6.07) is 3.88. The van der Waals surface area contributed by atoms with Gasteiger partial charge in [-0.3, -0.25) is 4.79 Å². The Morgan fingerprint density at radius 2 is 2.05 bits per heavy atom. The molecule has 1 rings (SSSR count). The molecule has 1 N–H and O–H groups in total. The first-order chi connectivity index (χ1) is 9.93. The summed E-state index contributed by atoms with van der Waals surface area (Å²) < 4.78 is 5.61. The van der Waals surface area contributed by atoms with Gasteiger partial charge in [0.15, 0.2) is 0 Å². The Labute approximate surface area is 128 Å². The van der Waals surface area contributed by atoms with Crippen molar-refractivity contribution in [3.05, 3.63) is 23.7 Å². The van der Waals surface area contributed by atoms with Crippen LogP contribution in [-0.4, -0.2) is 56.0 Å². The molecule has 0 saturated carbocycles. The number of aryl methyl sites for hydroxylation is 1. The Hall–Kier alpha value is -1.33. The molecule has 1 amide bonds. The maximum absolute atomic E-state index is 12.6. The molecule has 1 aromatic rings. The van der Waals surface area contributed by atoms with E-state index in [-0.39, 0.29) is 11.8 Å². The minimum atomic E-state index is -0.0248. The highest BCUT2D eigenvalue weighted by Crippen LogP contribution is 2.12. The van der Waals surface area contributed by atoms with Gasteiger partial charge in [-0.2, -0.15) is 0 Å². The molecule has 0 fully saturated rings. The van der Waals surface area contributed by atoms with E-state index < -0.39 is 0 Å². The molecule has 1 heterocycles. The smallest absolute Gasteiger partial charge is 0.227 e. The van der Waals surface area contributed by atoms with Crippen molar-refractivity contribution in [1.29, 1.82) is 0 Å². The number of likely N-dealkylation sites (N-methyl/N-ethyl adjacent to an activating group) is 1.